The number of hydrogen-bond donors (Lipinski definition) is 0. The van der Waals surface area contributed by atoms with E-state index in [0.29, 0.717) is 0 Å². The molecular weight excluding hydrogens is 741 g/mol. The average molecular weight is 769 g/mol. The molecule has 4 heteroatoms. The Bertz CT molecular complexity index is 2500. The molecule has 3 aromatic heterocycles. The van der Waals surface area contributed by atoms with Gasteiger partial charge in [-0.25, -0.2) is 0 Å². The van der Waals surface area contributed by atoms with Crippen molar-refractivity contribution in [2.24, 2.45) is 0 Å². The van der Waals surface area contributed by atoms with Crippen molar-refractivity contribution >= 4 is 54.3 Å². The van der Waals surface area contributed by atoms with Gasteiger partial charge in [-0.1, -0.05) is 92.0 Å². The van der Waals surface area contributed by atoms with Gasteiger partial charge in [0.05, 0.1) is 5.58 Å². The number of fused-ring (bicyclic) bond motifs is 9. The molecular formula is C42H28IrN2O-2. The average Bonchev–Trinajstić information content (AvgIpc) is 3.47. The normalized spacial score (nSPS) is 11.1. The SMILES string of the molecule is Cc1c[c-]c(-c2ccccn2)cc1C.[Ir].[c-]1cc2oc3cc4c5ccccc5c5ccccc5c4cc3c2cc1-c1ccccn1. The monoisotopic (exact) mass is 769 g/mol. The van der Waals surface area contributed by atoms with Crippen LogP contribution in [0.15, 0.2) is 138 Å². The zero-order valence-electron chi connectivity index (χ0n) is 25.3. The van der Waals surface area contributed by atoms with E-state index in [1.807, 2.05) is 54.7 Å². The zero-order valence-corrected chi connectivity index (χ0v) is 27.7. The molecule has 0 unspecified atom stereocenters. The van der Waals surface area contributed by atoms with Gasteiger partial charge in [-0.2, -0.15) is 0 Å². The van der Waals surface area contributed by atoms with Crippen LogP contribution in [0.5, 0.6) is 0 Å². The predicted octanol–water partition coefficient (Wildman–Crippen LogP) is 11.1. The van der Waals surface area contributed by atoms with E-state index in [1.54, 1.807) is 6.20 Å². The largest absolute Gasteiger partial charge is 0.500 e. The molecule has 0 fully saturated rings. The summed E-state index contributed by atoms with van der Waals surface area (Å²) in [6.45, 7) is 4.20. The van der Waals surface area contributed by atoms with Gasteiger partial charge in [-0.15, -0.1) is 58.7 Å². The fraction of sp³-hybridized carbons (Fsp3) is 0.0476. The summed E-state index contributed by atoms with van der Waals surface area (Å²) in [7, 11) is 0. The van der Waals surface area contributed by atoms with Gasteiger partial charge in [0.1, 0.15) is 5.58 Å². The van der Waals surface area contributed by atoms with E-state index >= 15 is 0 Å². The van der Waals surface area contributed by atoms with E-state index in [0.717, 1.165) is 44.5 Å². The first-order valence-electron chi connectivity index (χ1n) is 15.1. The molecule has 3 nitrogen and oxygen atoms in total. The third-order valence-electron chi connectivity index (χ3n) is 8.58. The molecule has 223 valence electrons. The number of aryl methyl sites for hydroxylation is 2. The quantitative estimate of drug-likeness (QED) is 0.130. The molecule has 0 N–H and O–H groups in total. The van der Waals surface area contributed by atoms with Crippen LogP contribution in [0.4, 0.5) is 0 Å². The molecule has 6 aromatic carbocycles. The first-order chi connectivity index (χ1) is 22.1. The van der Waals surface area contributed by atoms with Gasteiger partial charge in [0.15, 0.2) is 0 Å². The maximum Gasteiger partial charge on any atom is 0.121 e. The molecule has 0 atom stereocenters. The number of nitrogens with zero attached hydrogens (tertiary/aromatic N) is 2. The van der Waals surface area contributed by atoms with Crippen LogP contribution < -0.4 is 0 Å². The van der Waals surface area contributed by atoms with Gasteiger partial charge in [-0.3, -0.25) is 0 Å². The number of pyridine rings is 2. The number of hydrogen-bond acceptors (Lipinski definition) is 3. The van der Waals surface area contributed by atoms with Crippen molar-refractivity contribution in [1.82, 2.24) is 9.97 Å². The molecule has 0 aliphatic rings. The van der Waals surface area contributed by atoms with Crippen molar-refractivity contribution in [3.05, 3.63) is 157 Å². The second-order valence-electron chi connectivity index (χ2n) is 11.4. The van der Waals surface area contributed by atoms with Crippen molar-refractivity contribution in [3.63, 3.8) is 0 Å². The maximum atomic E-state index is 6.26. The third-order valence-corrected chi connectivity index (χ3v) is 8.58. The summed E-state index contributed by atoms with van der Waals surface area (Å²) in [5, 5.41) is 9.74. The van der Waals surface area contributed by atoms with Gasteiger partial charge in [-0.05, 0) is 68.0 Å². The Morgan fingerprint density at radius 1 is 0.457 bits per heavy atom. The number of benzene rings is 6. The Kier molecular flexibility index (Phi) is 7.92. The summed E-state index contributed by atoms with van der Waals surface area (Å²) in [4.78, 5) is 8.77. The van der Waals surface area contributed by atoms with Crippen molar-refractivity contribution in [2.75, 3.05) is 0 Å². The van der Waals surface area contributed by atoms with Crippen LogP contribution in [-0.4, -0.2) is 9.97 Å². The third kappa shape index (κ3) is 5.26. The fourth-order valence-corrected chi connectivity index (χ4v) is 6.13. The second kappa shape index (κ2) is 12.3. The van der Waals surface area contributed by atoms with E-state index < -0.39 is 0 Å². The molecule has 0 saturated carbocycles. The Morgan fingerprint density at radius 3 is 1.52 bits per heavy atom. The molecule has 0 aliphatic heterocycles. The summed E-state index contributed by atoms with van der Waals surface area (Å²) in [5.41, 5.74) is 8.22. The molecule has 3 heterocycles. The van der Waals surface area contributed by atoms with Crippen molar-refractivity contribution in [2.45, 2.75) is 13.8 Å². The fourth-order valence-electron chi connectivity index (χ4n) is 6.13. The van der Waals surface area contributed by atoms with Crippen LogP contribution in [0.2, 0.25) is 0 Å². The Hall–Kier alpha value is -5.15. The van der Waals surface area contributed by atoms with Crippen molar-refractivity contribution < 1.29 is 24.5 Å². The smallest absolute Gasteiger partial charge is 0.121 e. The molecule has 0 bridgehead atoms. The summed E-state index contributed by atoms with van der Waals surface area (Å²) < 4.78 is 6.26. The minimum atomic E-state index is 0. The Morgan fingerprint density at radius 2 is 0.957 bits per heavy atom. The summed E-state index contributed by atoms with van der Waals surface area (Å²) in [6.07, 6.45) is 3.62. The molecule has 0 amide bonds. The van der Waals surface area contributed by atoms with Crippen LogP contribution >= 0.6 is 0 Å². The molecule has 9 aromatic rings. The van der Waals surface area contributed by atoms with E-state index in [-0.39, 0.29) is 20.1 Å². The molecule has 0 spiro atoms. The van der Waals surface area contributed by atoms with Crippen LogP contribution in [-0.2, 0) is 20.1 Å². The minimum Gasteiger partial charge on any atom is -0.500 e. The van der Waals surface area contributed by atoms with E-state index in [9.17, 15) is 0 Å². The number of aromatic nitrogens is 2. The van der Waals surface area contributed by atoms with Gasteiger partial charge in [0.25, 0.3) is 0 Å². The molecule has 0 saturated heterocycles. The number of rotatable bonds is 2. The first-order valence-corrected chi connectivity index (χ1v) is 15.1. The molecule has 46 heavy (non-hydrogen) atoms. The second-order valence-corrected chi connectivity index (χ2v) is 11.4. The van der Waals surface area contributed by atoms with Gasteiger partial charge in [0.2, 0.25) is 0 Å². The van der Waals surface area contributed by atoms with E-state index in [1.165, 1.54) is 43.4 Å². The standard InChI is InChI=1S/C29H16NO.C13H12N.Ir/c1-3-9-21-19(7-1)20-8-2-4-10-22(20)24-17-29-26(16-23(21)24)25-15-18(12-13-28(25)31-29)27-11-5-6-14-30-27;1-10-6-7-12(9-11(10)2)13-5-3-4-8-14-13;/h1-11,13-17H;3-6,8-9H,1-2H3;/q2*-1;. The molecule has 1 radical (unpaired) electrons. The molecule has 0 aliphatic carbocycles. The maximum absolute atomic E-state index is 6.26. The predicted molar refractivity (Wildman–Crippen MR) is 186 cm³/mol. The van der Waals surface area contributed by atoms with Gasteiger partial charge in [0, 0.05) is 37.9 Å². The van der Waals surface area contributed by atoms with Crippen LogP contribution in [0.25, 0.3) is 76.8 Å². The van der Waals surface area contributed by atoms with E-state index in [4.69, 9.17) is 4.42 Å². The summed E-state index contributed by atoms with van der Waals surface area (Å²) in [6, 6.07) is 48.4. The van der Waals surface area contributed by atoms with Crippen LogP contribution in [0.1, 0.15) is 11.1 Å². The van der Waals surface area contributed by atoms with Crippen LogP contribution in [0.3, 0.4) is 0 Å². The van der Waals surface area contributed by atoms with E-state index in [2.05, 4.69) is 109 Å². The van der Waals surface area contributed by atoms with Crippen molar-refractivity contribution in [1.29, 1.82) is 0 Å². The Labute approximate surface area is 280 Å². The Balaban J connectivity index is 0.000000191. The van der Waals surface area contributed by atoms with Crippen molar-refractivity contribution in [3.8, 4) is 22.5 Å². The minimum absolute atomic E-state index is 0. The van der Waals surface area contributed by atoms with Crippen LogP contribution in [0, 0.1) is 26.0 Å². The summed E-state index contributed by atoms with van der Waals surface area (Å²) >= 11 is 0. The number of furan rings is 1. The topological polar surface area (TPSA) is 38.9 Å². The van der Waals surface area contributed by atoms with Gasteiger partial charge >= 0.3 is 0 Å². The van der Waals surface area contributed by atoms with Gasteiger partial charge < -0.3 is 14.4 Å². The summed E-state index contributed by atoms with van der Waals surface area (Å²) in [5.74, 6) is 0. The first kappa shape index (κ1) is 29.6. The molecule has 9 rings (SSSR count). The zero-order chi connectivity index (χ0) is 30.3.